The Labute approximate surface area is 98.8 Å². The molecule has 1 N–H and O–H groups in total. The Hall–Kier alpha value is -1.85. The van der Waals surface area contributed by atoms with Gasteiger partial charge >= 0.3 is 5.97 Å². The largest absolute Gasteiger partial charge is 0.481 e. The Bertz CT molecular complexity index is 467. The molecule has 0 aromatic carbocycles. The summed E-state index contributed by atoms with van der Waals surface area (Å²) in [7, 11) is 1.79. The molecule has 2 rings (SSSR count). The van der Waals surface area contributed by atoms with Crippen molar-refractivity contribution >= 4 is 17.6 Å². The zero-order chi connectivity index (χ0) is 12.6. The summed E-state index contributed by atoms with van der Waals surface area (Å²) in [6.07, 6.45) is 2.85. The van der Waals surface area contributed by atoms with Gasteiger partial charge in [0, 0.05) is 19.8 Å². The number of carbonyl (C=O) groups is 2. The summed E-state index contributed by atoms with van der Waals surface area (Å²) < 4.78 is 1.65. The molecule has 92 valence electrons. The number of carboxylic acid groups (broad SMARTS) is 1. The van der Waals surface area contributed by atoms with E-state index in [1.165, 1.54) is 4.90 Å². The number of carboxylic acids is 1. The molecule has 0 radical (unpaired) electrons. The van der Waals surface area contributed by atoms with Crippen LogP contribution in [-0.4, -0.2) is 33.3 Å². The number of amides is 1. The zero-order valence-electron chi connectivity index (χ0n) is 9.88. The van der Waals surface area contributed by atoms with Gasteiger partial charge in [0.15, 0.2) is 0 Å². The van der Waals surface area contributed by atoms with Crippen molar-refractivity contribution in [3.8, 4) is 0 Å². The molecular formula is C11H15N3O3. The van der Waals surface area contributed by atoms with Crippen LogP contribution in [0.5, 0.6) is 0 Å². The first-order chi connectivity index (χ1) is 8.04. The van der Waals surface area contributed by atoms with Crippen LogP contribution in [-0.2, 0) is 23.1 Å². The van der Waals surface area contributed by atoms with Crippen LogP contribution in [0, 0.1) is 5.92 Å². The minimum absolute atomic E-state index is 0.333. The van der Waals surface area contributed by atoms with Crippen LogP contribution >= 0.6 is 0 Å². The third-order valence-electron chi connectivity index (χ3n) is 3.01. The lowest BCUT2D eigenvalue weighted by Gasteiger charge is -2.15. The Balaban J connectivity index is 2.30. The van der Waals surface area contributed by atoms with Gasteiger partial charge in [0.25, 0.3) is 0 Å². The Morgan fingerprint density at radius 1 is 1.65 bits per heavy atom. The first kappa shape index (κ1) is 11.6. The monoisotopic (exact) mass is 237 g/mol. The average Bonchev–Trinajstić information content (AvgIpc) is 2.81. The summed E-state index contributed by atoms with van der Waals surface area (Å²) in [6, 6.07) is 0. The molecular weight excluding hydrogens is 222 g/mol. The second-order valence-corrected chi connectivity index (χ2v) is 4.16. The summed E-state index contributed by atoms with van der Waals surface area (Å²) in [5, 5.41) is 13.2. The maximum Gasteiger partial charge on any atom is 0.316 e. The van der Waals surface area contributed by atoms with Gasteiger partial charge in [0.1, 0.15) is 5.92 Å². The highest BCUT2D eigenvalue weighted by atomic mass is 16.4. The normalized spacial score (nSPS) is 20.0. The van der Waals surface area contributed by atoms with E-state index in [0.29, 0.717) is 13.0 Å². The molecule has 17 heavy (non-hydrogen) atoms. The highest BCUT2D eigenvalue weighted by Gasteiger charge is 2.38. The minimum Gasteiger partial charge on any atom is -0.481 e. The molecule has 2 heterocycles. The van der Waals surface area contributed by atoms with Crippen molar-refractivity contribution in [2.24, 2.45) is 13.0 Å². The number of anilines is 1. The van der Waals surface area contributed by atoms with E-state index in [-0.39, 0.29) is 5.91 Å². The molecule has 0 spiro atoms. The standard InChI is InChI=1S/C11H15N3O3/c1-3-8-9(6-13(2)12-8)14-5-4-7(10(14)15)11(16)17/h6-7H,3-5H2,1-2H3,(H,16,17). The van der Waals surface area contributed by atoms with Gasteiger partial charge < -0.3 is 10.0 Å². The first-order valence-corrected chi connectivity index (χ1v) is 5.61. The van der Waals surface area contributed by atoms with E-state index < -0.39 is 11.9 Å². The number of aryl methyl sites for hydroxylation is 2. The molecule has 0 bridgehead atoms. The van der Waals surface area contributed by atoms with E-state index in [1.54, 1.807) is 17.9 Å². The molecule has 0 saturated carbocycles. The maximum atomic E-state index is 11.9. The van der Waals surface area contributed by atoms with E-state index >= 15 is 0 Å². The minimum atomic E-state index is -1.04. The van der Waals surface area contributed by atoms with Crippen LogP contribution in [0.1, 0.15) is 19.0 Å². The quantitative estimate of drug-likeness (QED) is 0.773. The highest BCUT2D eigenvalue weighted by molar-refractivity contribution is 6.07. The van der Waals surface area contributed by atoms with Crippen molar-refractivity contribution in [1.29, 1.82) is 0 Å². The topological polar surface area (TPSA) is 75.4 Å². The number of hydrogen-bond acceptors (Lipinski definition) is 3. The van der Waals surface area contributed by atoms with Gasteiger partial charge in [-0.2, -0.15) is 5.10 Å². The lowest BCUT2D eigenvalue weighted by Crippen LogP contribution is -2.30. The SMILES string of the molecule is CCc1nn(C)cc1N1CCC(C(=O)O)C1=O. The molecule has 6 heteroatoms. The lowest BCUT2D eigenvalue weighted by molar-refractivity contribution is -0.144. The third kappa shape index (κ3) is 1.90. The van der Waals surface area contributed by atoms with Gasteiger partial charge in [-0.15, -0.1) is 0 Å². The number of aliphatic carboxylic acids is 1. The fraction of sp³-hybridized carbons (Fsp3) is 0.545. The van der Waals surface area contributed by atoms with Crippen molar-refractivity contribution in [1.82, 2.24) is 9.78 Å². The van der Waals surface area contributed by atoms with E-state index in [1.807, 2.05) is 6.92 Å². The maximum absolute atomic E-state index is 11.9. The van der Waals surface area contributed by atoms with Crippen molar-refractivity contribution in [2.45, 2.75) is 19.8 Å². The number of carbonyl (C=O) groups excluding carboxylic acids is 1. The van der Waals surface area contributed by atoms with Crippen molar-refractivity contribution in [2.75, 3.05) is 11.4 Å². The van der Waals surface area contributed by atoms with Gasteiger partial charge in [-0.3, -0.25) is 14.3 Å². The summed E-state index contributed by atoms with van der Waals surface area (Å²) in [4.78, 5) is 24.3. The zero-order valence-corrected chi connectivity index (χ0v) is 9.88. The van der Waals surface area contributed by atoms with Gasteiger partial charge in [0.05, 0.1) is 11.4 Å². The molecule has 1 aliphatic heterocycles. The Morgan fingerprint density at radius 3 is 2.88 bits per heavy atom. The van der Waals surface area contributed by atoms with Crippen LogP contribution in [0.4, 0.5) is 5.69 Å². The van der Waals surface area contributed by atoms with E-state index in [0.717, 1.165) is 17.8 Å². The van der Waals surface area contributed by atoms with Crippen LogP contribution in [0.3, 0.4) is 0 Å². The van der Waals surface area contributed by atoms with E-state index in [4.69, 9.17) is 5.11 Å². The fourth-order valence-electron chi connectivity index (χ4n) is 2.15. The molecule has 6 nitrogen and oxygen atoms in total. The smallest absolute Gasteiger partial charge is 0.316 e. The van der Waals surface area contributed by atoms with E-state index in [2.05, 4.69) is 5.10 Å². The predicted molar refractivity (Wildman–Crippen MR) is 60.7 cm³/mol. The summed E-state index contributed by atoms with van der Waals surface area (Å²) in [6.45, 7) is 2.41. The third-order valence-corrected chi connectivity index (χ3v) is 3.01. The molecule has 1 aromatic heterocycles. The Kier molecular flexibility index (Phi) is 2.87. The molecule has 1 aliphatic rings. The molecule has 1 aromatic rings. The second kappa shape index (κ2) is 4.20. The van der Waals surface area contributed by atoms with Crippen LogP contribution in [0.2, 0.25) is 0 Å². The fourth-order valence-corrected chi connectivity index (χ4v) is 2.15. The molecule has 0 aliphatic carbocycles. The number of rotatable bonds is 3. The van der Waals surface area contributed by atoms with Crippen molar-refractivity contribution in [3.63, 3.8) is 0 Å². The number of nitrogens with zero attached hydrogens (tertiary/aromatic N) is 3. The lowest BCUT2D eigenvalue weighted by atomic mass is 10.1. The number of hydrogen-bond donors (Lipinski definition) is 1. The molecule has 1 atom stereocenters. The van der Waals surface area contributed by atoms with Gasteiger partial charge in [0.2, 0.25) is 5.91 Å². The van der Waals surface area contributed by atoms with Gasteiger partial charge in [-0.05, 0) is 12.8 Å². The number of aromatic nitrogens is 2. The van der Waals surface area contributed by atoms with Crippen LogP contribution < -0.4 is 4.90 Å². The van der Waals surface area contributed by atoms with Crippen LogP contribution in [0.15, 0.2) is 6.20 Å². The first-order valence-electron chi connectivity index (χ1n) is 5.61. The molecule has 1 fully saturated rings. The van der Waals surface area contributed by atoms with Crippen molar-refractivity contribution < 1.29 is 14.7 Å². The predicted octanol–water partition coefficient (Wildman–Crippen LogP) is 0.420. The van der Waals surface area contributed by atoms with Gasteiger partial charge in [-0.25, -0.2) is 0 Å². The highest BCUT2D eigenvalue weighted by Crippen LogP contribution is 2.27. The van der Waals surface area contributed by atoms with E-state index in [9.17, 15) is 9.59 Å². The van der Waals surface area contributed by atoms with Crippen molar-refractivity contribution in [3.05, 3.63) is 11.9 Å². The second-order valence-electron chi connectivity index (χ2n) is 4.16. The molecule has 1 unspecified atom stereocenters. The summed E-state index contributed by atoms with van der Waals surface area (Å²) in [5.41, 5.74) is 1.57. The van der Waals surface area contributed by atoms with Crippen LogP contribution in [0.25, 0.3) is 0 Å². The Morgan fingerprint density at radius 2 is 2.35 bits per heavy atom. The average molecular weight is 237 g/mol. The molecule has 1 amide bonds. The molecule has 1 saturated heterocycles. The summed E-state index contributed by atoms with van der Waals surface area (Å²) in [5.74, 6) is -2.28. The summed E-state index contributed by atoms with van der Waals surface area (Å²) >= 11 is 0. The van der Waals surface area contributed by atoms with Gasteiger partial charge in [-0.1, -0.05) is 6.92 Å².